The van der Waals surface area contributed by atoms with Crippen LogP contribution in [0.25, 0.3) is 16.9 Å². The molecule has 176 valence electrons. The minimum atomic E-state index is -4.39. The second kappa shape index (κ2) is 8.86. The van der Waals surface area contributed by atoms with Gasteiger partial charge in [-0.1, -0.05) is 6.07 Å². The average Bonchev–Trinajstić information content (AvgIpc) is 3.33. The molecule has 2 aromatic heterocycles. The van der Waals surface area contributed by atoms with Gasteiger partial charge in [0.1, 0.15) is 11.4 Å². The smallest absolute Gasteiger partial charge is 0.416 e. The number of hydrogen-bond donors (Lipinski definition) is 1. The first-order valence-corrected chi connectivity index (χ1v) is 10.7. The highest BCUT2D eigenvalue weighted by Gasteiger charge is 2.30. The summed E-state index contributed by atoms with van der Waals surface area (Å²) in [5.41, 5.74) is 2.89. The Bertz CT molecular complexity index is 1300. The van der Waals surface area contributed by atoms with Crippen molar-refractivity contribution in [1.29, 1.82) is 0 Å². The zero-order valence-corrected chi connectivity index (χ0v) is 18.3. The second-order valence-electron chi connectivity index (χ2n) is 7.81. The lowest BCUT2D eigenvalue weighted by molar-refractivity contribution is -0.137. The molecule has 1 fully saturated rings. The summed E-state index contributed by atoms with van der Waals surface area (Å²) in [6.07, 6.45) is -1.01. The number of halogens is 3. The first-order chi connectivity index (χ1) is 16.4. The van der Waals surface area contributed by atoms with Crippen molar-refractivity contribution in [2.24, 2.45) is 0 Å². The fraction of sp³-hybridized carbons (Fsp3) is 0.250. The second-order valence-corrected chi connectivity index (χ2v) is 7.81. The molecule has 1 N–H and O–H groups in total. The van der Waals surface area contributed by atoms with Gasteiger partial charge in [0.05, 0.1) is 37.3 Å². The predicted octanol–water partition coefficient (Wildman–Crippen LogP) is 5.00. The fourth-order valence-electron chi connectivity index (χ4n) is 3.93. The van der Waals surface area contributed by atoms with E-state index in [9.17, 15) is 13.2 Å². The predicted molar refractivity (Wildman–Crippen MR) is 123 cm³/mol. The minimum Gasteiger partial charge on any atom is -0.495 e. The highest BCUT2D eigenvalue weighted by Crippen LogP contribution is 2.34. The first-order valence-electron chi connectivity index (χ1n) is 10.7. The number of nitrogens with zero attached hydrogens (tertiary/aromatic N) is 4. The van der Waals surface area contributed by atoms with E-state index in [0.717, 1.165) is 42.2 Å². The van der Waals surface area contributed by atoms with Crippen LogP contribution in [0, 0.1) is 0 Å². The molecule has 3 heterocycles. The number of hydrogen-bond acceptors (Lipinski definition) is 6. The van der Waals surface area contributed by atoms with Gasteiger partial charge in [-0.3, -0.25) is 4.40 Å². The van der Waals surface area contributed by atoms with E-state index in [1.807, 2.05) is 24.3 Å². The maximum atomic E-state index is 12.9. The van der Waals surface area contributed by atoms with Crippen LogP contribution in [-0.2, 0) is 10.9 Å². The molecule has 4 aromatic rings. The summed E-state index contributed by atoms with van der Waals surface area (Å²) in [5.74, 6) is 1.16. The summed E-state index contributed by atoms with van der Waals surface area (Å²) < 4.78 is 51.5. The molecule has 0 unspecified atom stereocenters. The van der Waals surface area contributed by atoms with E-state index in [1.54, 1.807) is 23.9 Å². The van der Waals surface area contributed by atoms with Crippen molar-refractivity contribution in [2.75, 3.05) is 43.6 Å². The fourth-order valence-corrected chi connectivity index (χ4v) is 3.93. The van der Waals surface area contributed by atoms with Crippen molar-refractivity contribution in [3.05, 3.63) is 66.5 Å². The number of nitrogens with one attached hydrogen (secondary N) is 1. The lowest BCUT2D eigenvalue weighted by Gasteiger charge is -2.30. The van der Waals surface area contributed by atoms with Crippen molar-refractivity contribution in [3.63, 3.8) is 0 Å². The summed E-state index contributed by atoms with van der Waals surface area (Å²) in [6.45, 7) is 2.91. The summed E-state index contributed by atoms with van der Waals surface area (Å²) in [4.78, 5) is 11.3. The number of methoxy groups -OCH3 is 1. The lowest BCUT2D eigenvalue weighted by atomic mass is 10.1. The van der Waals surface area contributed by atoms with E-state index in [1.165, 1.54) is 12.1 Å². The van der Waals surface area contributed by atoms with Crippen molar-refractivity contribution >= 4 is 23.0 Å². The number of morpholine rings is 1. The molecule has 34 heavy (non-hydrogen) atoms. The van der Waals surface area contributed by atoms with Crippen molar-refractivity contribution in [3.8, 4) is 17.0 Å². The Morgan fingerprint density at radius 1 is 1.03 bits per heavy atom. The Morgan fingerprint density at radius 3 is 2.50 bits per heavy atom. The molecule has 10 heteroatoms. The Kier molecular flexibility index (Phi) is 5.74. The third-order valence-electron chi connectivity index (χ3n) is 5.69. The molecule has 0 spiro atoms. The standard InChI is InChI=1S/C24H22F3N5O2/c1-33-21-14-16(2-7-20(21)31-10-12-34-13-11-31)19-15-22-28-8-9-32(22)23(30-19)29-18-5-3-17(4-6-18)24(25,26)27/h2-9,14-15H,10-13H2,1H3,(H,29,30). The molecule has 0 radical (unpaired) electrons. The van der Waals surface area contributed by atoms with Crippen LogP contribution in [0.1, 0.15) is 5.56 Å². The molecule has 0 aliphatic carbocycles. The van der Waals surface area contributed by atoms with Gasteiger partial charge in [0, 0.05) is 42.8 Å². The minimum absolute atomic E-state index is 0.431. The third-order valence-corrected chi connectivity index (χ3v) is 5.69. The molecule has 0 saturated carbocycles. The molecule has 0 amide bonds. The first kappa shape index (κ1) is 22.0. The van der Waals surface area contributed by atoms with Crippen molar-refractivity contribution < 1.29 is 22.6 Å². The van der Waals surface area contributed by atoms with Crippen LogP contribution in [0.3, 0.4) is 0 Å². The topological polar surface area (TPSA) is 63.9 Å². The largest absolute Gasteiger partial charge is 0.495 e. The highest BCUT2D eigenvalue weighted by molar-refractivity contribution is 5.73. The van der Waals surface area contributed by atoms with E-state index < -0.39 is 11.7 Å². The van der Waals surface area contributed by atoms with Crippen LogP contribution in [-0.4, -0.2) is 47.8 Å². The van der Waals surface area contributed by atoms with Gasteiger partial charge in [-0.15, -0.1) is 0 Å². The molecule has 1 saturated heterocycles. The van der Waals surface area contributed by atoms with E-state index in [0.29, 0.717) is 36.2 Å². The number of aromatic nitrogens is 3. The molecule has 1 aliphatic rings. The molecule has 7 nitrogen and oxygen atoms in total. The summed E-state index contributed by atoms with van der Waals surface area (Å²) >= 11 is 0. The third kappa shape index (κ3) is 4.36. The normalized spacial score (nSPS) is 14.4. The molecule has 1 aliphatic heterocycles. The quantitative estimate of drug-likeness (QED) is 0.444. The maximum absolute atomic E-state index is 12.9. The SMILES string of the molecule is COc1cc(-c2cc3nccn3c(Nc3ccc(C(F)(F)F)cc3)n2)ccc1N1CCOCC1. The highest BCUT2D eigenvalue weighted by atomic mass is 19.4. The Labute approximate surface area is 193 Å². The summed E-state index contributed by atoms with van der Waals surface area (Å²) in [6, 6.07) is 12.6. The molecule has 0 bridgehead atoms. The number of alkyl halides is 3. The van der Waals surface area contributed by atoms with E-state index >= 15 is 0 Å². The maximum Gasteiger partial charge on any atom is 0.416 e. The zero-order chi connectivity index (χ0) is 23.7. The number of rotatable bonds is 5. The van der Waals surface area contributed by atoms with Crippen LogP contribution in [0.2, 0.25) is 0 Å². The number of imidazole rings is 1. The van der Waals surface area contributed by atoms with Crippen LogP contribution >= 0.6 is 0 Å². The van der Waals surface area contributed by atoms with Gasteiger partial charge in [-0.05, 0) is 36.4 Å². The van der Waals surface area contributed by atoms with Gasteiger partial charge in [-0.2, -0.15) is 13.2 Å². The zero-order valence-electron chi connectivity index (χ0n) is 18.3. The molecular formula is C24H22F3N5O2. The van der Waals surface area contributed by atoms with Crippen LogP contribution < -0.4 is 15.0 Å². The van der Waals surface area contributed by atoms with Gasteiger partial charge in [0.2, 0.25) is 5.95 Å². The number of benzene rings is 2. The van der Waals surface area contributed by atoms with Gasteiger partial charge in [0.15, 0.2) is 0 Å². The molecule has 0 atom stereocenters. The van der Waals surface area contributed by atoms with Gasteiger partial charge >= 0.3 is 6.18 Å². The summed E-state index contributed by atoms with van der Waals surface area (Å²) in [5, 5.41) is 3.10. The number of fused-ring (bicyclic) bond motifs is 1. The number of ether oxygens (including phenoxy) is 2. The molecule has 5 rings (SSSR count). The Balaban J connectivity index is 1.49. The lowest BCUT2D eigenvalue weighted by Crippen LogP contribution is -2.36. The van der Waals surface area contributed by atoms with Crippen molar-refractivity contribution in [2.45, 2.75) is 6.18 Å². The van der Waals surface area contributed by atoms with Gasteiger partial charge in [-0.25, -0.2) is 9.97 Å². The van der Waals surface area contributed by atoms with Crippen LogP contribution in [0.5, 0.6) is 5.75 Å². The summed E-state index contributed by atoms with van der Waals surface area (Å²) in [7, 11) is 1.63. The van der Waals surface area contributed by atoms with E-state index in [2.05, 4.69) is 15.2 Å². The Hall–Kier alpha value is -3.79. The van der Waals surface area contributed by atoms with E-state index in [-0.39, 0.29) is 0 Å². The monoisotopic (exact) mass is 469 g/mol. The number of anilines is 3. The van der Waals surface area contributed by atoms with Crippen molar-refractivity contribution in [1.82, 2.24) is 14.4 Å². The van der Waals surface area contributed by atoms with Gasteiger partial charge < -0.3 is 19.7 Å². The van der Waals surface area contributed by atoms with Crippen LogP contribution in [0.15, 0.2) is 60.9 Å². The average molecular weight is 469 g/mol. The Morgan fingerprint density at radius 2 is 1.79 bits per heavy atom. The molecular weight excluding hydrogens is 447 g/mol. The van der Waals surface area contributed by atoms with E-state index in [4.69, 9.17) is 14.5 Å². The van der Waals surface area contributed by atoms with Crippen LogP contribution in [0.4, 0.5) is 30.5 Å². The van der Waals surface area contributed by atoms with Gasteiger partial charge in [0.25, 0.3) is 0 Å². The molecule has 2 aromatic carbocycles.